The first kappa shape index (κ1) is 19.0. The largest absolute Gasteiger partial charge is 0.444 e. The van der Waals surface area contributed by atoms with E-state index in [4.69, 9.17) is 10.5 Å². The summed E-state index contributed by atoms with van der Waals surface area (Å²) in [5.41, 5.74) is 8.11. The van der Waals surface area contributed by atoms with Crippen molar-refractivity contribution in [2.45, 2.75) is 46.0 Å². The van der Waals surface area contributed by atoms with Crippen LogP contribution in [-0.4, -0.2) is 10.8 Å². The number of aromatic nitrogens is 1. The summed E-state index contributed by atoms with van der Waals surface area (Å²) in [6.45, 7) is 6.03. The maximum atomic E-state index is 13.0. The van der Waals surface area contributed by atoms with Gasteiger partial charge in [0.2, 0.25) is 5.88 Å². The number of ketones is 1. The number of H-pyrrole nitrogens is 1. The van der Waals surface area contributed by atoms with Crippen molar-refractivity contribution < 1.29 is 9.53 Å². The summed E-state index contributed by atoms with van der Waals surface area (Å²) in [5, 5.41) is 10.6. The summed E-state index contributed by atoms with van der Waals surface area (Å²) in [5.74, 6) is -0.493. The van der Waals surface area contributed by atoms with Gasteiger partial charge >= 0.3 is 0 Å². The van der Waals surface area contributed by atoms with E-state index in [1.165, 1.54) is 0 Å². The molecule has 1 aliphatic carbocycles. The molecule has 1 unspecified atom stereocenters. The topological polar surface area (TPSA) is 109 Å². The lowest BCUT2D eigenvalue weighted by atomic mass is 9.70. The zero-order chi connectivity index (χ0) is 20.9. The van der Waals surface area contributed by atoms with Crippen molar-refractivity contribution >= 4 is 16.7 Å². The SMILES string of the molecule is CCc1ccc2[nH]c(=O)c(C3C(C#N)=C(N)OC4=C3C(=O)CC(C)(C)C4)cc2c1. The fraction of sp³-hybridized carbons (Fsp3) is 0.348. The van der Waals surface area contributed by atoms with Crippen LogP contribution in [0.25, 0.3) is 10.9 Å². The Bertz CT molecular complexity index is 1210. The van der Waals surface area contributed by atoms with Gasteiger partial charge in [0.1, 0.15) is 17.4 Å². The molecule has 2 aromatic rings. The Kier molecular flexibility index (Phi) is 4.34. The van der Waals surface area contributed by atoms with Crippen LogP contribution in [0.2, 0.25) is 0 Å². The van der Waals surface area contributed by atoms with Gasteiger partial charge in [-0.3, -0.25) is 9.59 Å². The number of nitriles is 1. The maximum Gasteiger partial charge on any atom is 0.252 e. The molecule has 6 nitrogen and oxygen atoms in total. The van der Waals surface area contributed by atoms with Crippen LogP contribution in [0.1, 0.15) is 50.7 Å². The summed E-state index contributed by atoms with van der Waals surface area (Å²) in [4.78, 5) is 28.9. The normalized spacial score (nSPS) is 21.0. The molecule has 1 atom stereocenters. The molecule has 0 amide bonds. The van der Waals surface area contributed by atoms with Crippen LogP contribution in [0.15, 0.2) is 51.8 Å². The summed E-state index contributed by atoms with van der Waals surface area (Å²) >= 11 is 0. The fourth-order valence-corrected chi connectivity index (χ4v) is 4.30. The smallest absolute Gasteiger partial charge is 0.252 e. The summed E-state index contributed by atoms with van der Waals surface area (Å²) in [7, 11) is 0. The number of rotatable bonds is 2. The number of fused-ring (bicyclic) bond motifs is 1. The van der Waals surface area contributed by atoms with Crippen LogP contribution < -0.4 is 11.3 Å². The Labute approximate surface area is 168 Å². The van der Waals surface area contributed by atoms with Gasteiger partial charge in [0, 0.05) is 29.5 Å². The number of Topliss-reactive ketones (excluding diaryl/α,β-unsaturated/α-hetero) is 1. The number of aromatic amines is 1. The second-order valence-corrected chi connectivity index (χ2v) is 8.53. The molecule has 0 fully saturated rings. The number of nitrogens with one attached hydrogen (secondary N) is 1. The lowest BCUT2D eigenvalue weighted by molar-refractivity contribution is -0.119. The molecule has 0 saturated carbocycles. The van der Waals surface area contributed by atoms with Crippen molar-refractivity contribution in [3.05, 3.63) is 68.5 Å². The molecule has 2 aliphatic rings. The van der Waals surface area contributed by atoms with Gasteiger partial charge in [-0.1, -0.05) is 26.8 Å². The summed E-state index contributed by atoms with van der Waals surface area (Å²) in [6, 6.07) is 9.69. The quantitative estimate of drug-likeness (QED) is 0.816. The number of carbonyl (C=O) groups excluding carboxylic acids is 1. The molecular weight excluding hydrogens is 366 g/mol. The van der Waals surface area contributed by atoms with E-state index in [0.29, 0.717) is 35.3 Å². The number of nitrogens with two attached hydrogens (primary N) is 1. The van der Waals surface area contributed by atoms with Crippen LogP contribution in [0.3, 0.4) is 0 Å². The van der Waals surface area contributed by atoms with Crippen LogP contribution in [0.4, 0.5) is 0 Å². The van der Waals surface area contributed by atoms with Gasteiger partial charge in [0.25, 0.3) is 5.56 Å². The third-order valence-electron chi connectivity index (χ3n) is 5.73. The first-order valence-electron chi connectivity index (χ1n) is 9.74. The predicted octanol–water partition coefficient (Wildman–Crippen LogP) is 3.54. The summed E-state index contributed by atoms with van der Waals surface area (Å²) in [6.07, 6.45) is 1.71. The van der Waals surface area contributed by atoms with Crippen molar-refractivity contribution in [3.63, 3.8) is 0 Å². The Morgan fingerprint density at radius 1 is 1.28 bits per heavy atom. The molecule has 148 valence electrons. The molecule has 1 aromatic carbocycles. The lowest BCUT2D eigenvalue weighted by Crippen LogP contribution is -2.35. The first-order valence-corrected chi connectivity index (χ1v) is 9.74. The van der Waals surface area contributed by atoms with Gasteiger partial charge in [-0.25, -0.2) is 0 Å². The second-order valence-electron chi connectivity index (χ2n) is 8.53. The van der Waals surface area contributed by atoms with Crippen LogP contribution in [0.5, 0.6) is 0 Å². The minimum absolute atomic E-state index is 0.0384. The van der Waals surface area contributed by atoms with E-state index < -0.39 is 5.92 Å². The zero-order valence-corrected chi connectivity index (χ0v) is 16.8. The lowest BCUT2D eigenvalue weighted by Gasteiger charge is -2.37. The molecule has 29 heavy (non-hydrogen) atoms. The molecule has 0 saturated heterocycles. The Morgan fingerprint density at radius 2 is 2.03 bits per heavy atom. The molecule has 0 radical (unpaired) electrons. The van der Waals surface area contributed by atoms with Crippen LogP contribution in [-0.2, 0) is 16.0 Å². The molecule has 4 rings (SSSR count). The highest BCUT2D eigenvalue weighted by atomic mass is 16.5. The number of pyridine rings is 1. The van der Waals surface area contributed by atoms with E-state index in [1.807, 2.05) is 32.0 Å². The van der Waals surface area contributed by atoms with Gasteiger partial charge < -0.3 is 15.5 Å². The monoisotopic (exact) mass is 389 g/mol. The van der Waals surface area contributed by atoms with Crippen molar-refractivity contribution in [3.8, 4) is 6.07 Å². The fourth-order valence-electron chi connectivity index (χ4n) is 4.30. The number of aryl methyl sites for hydroxylation is 1. The minimum atomic E-state index is -0.814. The number of hydrogen-bond donors (Lipinski definition) is 2. The zero-order valence-electron chi connectivity index (χ0n) is 16.8. The maximum absolute atomic E-state index is 13.0. The van der Waals surface area contributed by atoms with E-state index in [9.17, 15) is 14.9 Å². The Balaban J connectivity index is 1.97. The second kappa shape index (κ2) is 6.63. The molecule has 3 N–H and O–H groups in total. The average Bonchev–Trinajstić information content (AvgIpc) is 2.65. The van der Waals surface area contributed by atoms with Crippen LogP contribution in [0, 0.1) is 16.7 Å². The molecule has 0 spiro atoms. The first-order chi connectivity index (χ1) is 13.7. The van der Waals surface area contributed by atoms with Crippen molar-refractivity contribution in [2.75, 3.05) is 0 Å². The molecule has 1 aromatic heterocycles. The van der Waals surface area contributed by atoms with E-state index in [0.717, 1.165) is 17.4 Å². The number of allylic oxidation sites excluding steroid dienone is 3. The molecular formula is C23H23N3O3. The van der Waals surface area contributed by atoms with E-state index in [-0.39, 0.29) is 28.2 Å². The molecule has 1 aliphatic heterocycles. The molecule has 2 heterocycles. The van der Waals surface area contributed by atoms with E-state index in [2.05, 4.69) is 18.0 Å². The molecule has 6 heteroatoms. The van der Waals surface area contributed by atoms with Crippen molar-refractivity contribution in [2.24, 2.45) is 11.1 Å². The number of carbonyl (C=O) groups is 1. The highest BCUT2D eigenvalue weighted by molar-refractivity contribution is 6.00. The van der Waals surface area contributed by atoms with Crippen molar-refractivity contribution in [1.82, 2.24) is 4.98 Å². The highest BCUT2D eigenvalue weighted by Crippen LogP contribution is 2.47. The van der Waals surface area contributed by atoms with E-state index in [1.54, 1.807) is 6.07 Å². The number of ether oxygens (including phenoxy) is 1. The average molecular weight is 389 g/mol. The van der Waals surface area contributed by atoms with Gasteiger partial charge in [0.05, 0.1) is 5.92 Å². The number of benzene rings is 1. The van der Waals surface area contributed by atoms with Gasteiger partial charge in [-0.15, -0.1) is 0 Å². The number of hydrogen-bond acceptors (Lipinski definition) is 5. The van der Waals surface area contributed by atoms with Gasteiger partial charge in [0.15, 0.2) is 5.78 Å². The third kappa shape index (κ3) is 3.13. The van der Waals surface area contributed by atoms with E-state index >= 15 is 0 Å². The Morgan fingerprint density at radius 3 is 2.72 bits per heavy atom. The minimum Gasteiger partial charge on any atom is -0.444 e. The standard InChI is InChI=1S/C23H23N3O3/c1-4-12-5-6-16-13(7-12)8-14(22(28)26-16)19-15(11-24)21(25)29-18-10-23(2,3)9-17(27)20(18)19/h5-8,19H,4,9-10,25H2,1-3H3,(H,26,28). The Hall–Kier alpha value is -3.33. The highest BCUT2D eigenvalue weighted by Gasteiger charge is 2.43. The number of nitrogens with zero attached hydrogens (tertiary/aromatic N) is 1. The third-order valence-corrected chi connectivity index (χ3v) is 5.73. The molecule has 0 bridgehead atoms. The van der Waals surface area contributed by atoms with Crippen molar-refractivity contribution in [1.29, 1.82) is 5.26 Å². The van der Waals surface area contributed by atoms with Crippen LogP contribution >= 0.6 is 0 Å². The predicted molar refractivity (Wildman–Crippen MR) is 110 cm³/mol. The van der Waals surface area contributed by atoms with Gasteiger partial charge in [-0.05, 0) is 41.0 Å². The summed E-state index contributed by atoms with van der Waals surface area (Å²) < 4.78 is 5.70. The van der Waals surface area contributed by atoms with Gasteiger partial charge in [-0.2, -0.15) is 5.26 Å².